The van der Waals surface area contributed by atoms with Crippen molar-refractivity contribution in [3.8, 4) is 0 Å². The van der Waals surface area contributed by atoms with E-state index >= 15 is 0 Å². The van der Waals surface area contributed by atoms with Crippen LogP contribution in [0.3, 0.4) is 0 Å². The first-order valence-electron chi connectivity index (χ1n) is 5.69. The van der Waals surface area contributed by atoms with Gasteiger partial charge in [-0.25, -0.2) is 4.79 Å². The minimum atomic E-state index is -1.00. The highest BCUT2D eigenvalue weighted by atomic mass is 16.5. The van der Waals surface area contributed by atoms with E-state index in [1.165, 1.54) is 0 Å². The highest BCUT2D eigenvalue weighted by Crippen LogP contribution is 2.02. The molecule has 0 aromatic rings. The fourth-order valence-corrected chi connectivity index (χ4v) is 1.26. The third-order valence-electron chi connectivity index (χ3n) is 2.18. The zero-order valence-electron chi connectivity index (χ0n) is 10.4. The molecule has 0 spiro atoms. The van der Waals surface area contributed by atoms with Crippen LogP contribution in [-0.4, -0.2) is 36.2 Å². The molecule has 0 aromatic heterocycles. The zero-order valence-corrected chi connectivity index (χ0v) is 10.4. The summed E-state index contributed by atoms with van der Waals surface area (Å²) in [6, 6.07) is -0.823. The summed E-state index contributed by atoms with van der Waals surface area (Å²) in [4.78, 5) is 22.3. The maximum atomic E-state index is 11.4. The van der Waals surface area contributed by atoms with Crippen molar-refractivity contribution in [1.82, 2.24) is 5.32 Å². The van der Waals surface area contributed by atoms with Gasteiger partial charge in [0.05, 0.1) is 6.61 Å². The molecule has 0 aliphatic carbocycles. The van der Waals surface area contributed by atoms with Gasteiger partial charge in [-0.3, -0.25) is 4.79 Å². The summed E-state index contributed by atoms with van der Waals surface area (Å²) in [6.07, 6.45) is 2.48. The van der Waals surface area contributed by atoms with E-state index in [4.69, 9.17) is 9.84 Å². The number of hydrogen-bond donors (Lipinski definition) is 2. The number of carboxylic acid groups (broad SMARTS) is 1. The standard InChI is InChI=1S/C12H21NO4/c1-4-7-17-8-5-6-10(14)13-11(9(2)3)12(15)16/h4,9,11H,1,5-8H2,2-3H3,(H,13,14)(H,15,16)/t11-/m0/s1. The van der Waals surface area contributed by atoms with E-state index in [2.05, 4.69) is 11.9 Å². The highest BCUT2D eigenvalue weighted by Gasteiger charge is 2.22. The molecule has 98 valence electrons. The van der Waals surface area contributed by atoms with Gasteiger partial charge in [0.25, 0.3) is 0 Å². The minimum Gasteiger partial charge on any atom is -0.480 e. The average molecular weight is 243 g/mol. The van der Waals surface area contributed by atoms with E-state index in [1.54, 1.807) is 19.9 Å². The van der Waals surface area contributed by atoms with Crippen LogP contribution >= 0.6 is 0 Å². The molecular formula is C12H21NO4. The lowest BCUT2D eigenvalue weighted by Crippen LogP contribution is -2.44. The van der Waals surface area contributed by atoms with Gasteiger partial charge in [-0.15, -0.1) is 6.58 Å². The summed E-state index contributed by atoms with van der Waals surface area (Å²) in [5.74, 6) is -1.39. The predicted octanol–water partition coefficient (Wildman–Crippen LogP) is 1.19. The number of nitrogens with one attached hydrogen (secondary N) is 1. The number of ether oxygens (including phenoxy) is 1. The molecule has 0 fully saturated rings. The first kappa shape index (κ1) is 15.6. The summed E-state index contributed by atoms with van der Waals surface area (Å²) < 4.78 is 5.12. The topological polar surface area (TPSA) is 75.6 Å². The summed E-state index contributed by atoms with van der Waals surface area (Å²) in [5.41, 5.74) is 0. The number of carbonyl (C=O) groups is 2. The Morgan fingerprint density at radius 3 is 2.59 bits per heavy atom. The molecule has 0 heterocycles. The number of carbonyl (C=O) groups excluding carboxylic acids is 1. The smallest absolute Gasteiger partial charge is 0.326 e. The van der Waals surface area contributed by atoms with Crippen molar-refractivity contribution in [3.05, 3.63) is 12.7 Å². The summed E-state index contributed by atoms with van der Waals surface area (Å²) >= 11 is 0. The number of aliphatic carboxylic acids is 1. The molecule has 0 saturated heterocycles. The fourth-order valence-electron chi connectivity index (χ4n) is 1.26. The lowest BCUT2D eigenvalue weighted by molar-refractivity contribution is -0.143. The van der Waals surface area contributed by atoms with Gasteiger partial charge < -0.3 is 15.2 Å². The Morgan fingerprint density at radius 1 is 1.47 bits per heavy atom. The molecule has 0 unspecified atom stereocenters. The van der Waals surface area contributed by atoms with Crippen LogP contribution < -0.4 is 5.32 Å². The van der Waals surface area contributed by atoms with Crippen LogP contribution in [0.25, 0.3) is 0 Å². The first-order chi connectivity index (χ1) is 7.99. The van der Waals surface area contributed by atoms with Gasteiger partial charge in [-0.05, 0) is 12.3 Å². The van der Waals surface area contributed by atoms with Gasteiger partial charge in [0.2, 0.25) is 5.91 Å². The second-order valence-corrected chi connectivity index (χ2v) is 4.09. The molecule has 0 radical (unpaired) electrons. The van der Waals surface area contributed by atoms with Crippen molar-refractivity contribution in [3.63, 3.8) is 0 Å². The number of amides is 1. The van der Waals surface area contributed by atoms with Crippen molar-refractivity contribution in [2.45, 2.75) is 32.7 Å². The monoisotopic (exact) mass is 243 g/mol. The van der Waals surface area contributed by atoms with E-state index in [0.29, 0.717) is 19.6 Å². The van der Waals surface area contributed by atoms with E-state index < -0.39 is 12.0 Å². The van der Waals surface area contributed by atoms with Crippen molar-refractivity contribution in [2.24, 2.45) is 5.92 Å². The summed E-state index contributed by atoms with van der Waals surface area (Å²) in [5, 5.41) is 11.4. The largest absolute Gasteiger partial charge is 0.480 e. The second-order valence-electron chi connectivity index (χ2n) is 4.09. The molecular weight excluding hydrogens is 222 g/mol. The third-order valence-corrected chi connectivity index (χ3v) is 2.18. The van der Waals surface area contributed by atoms with Crippen LogP contribution in [-0.2, 0) is 14.3 Å². The predicted molar refractivity (Wildman–Crippen MR) is 64.7 cm³/mol. The summed E-state index contributed by atoms with van der Waals surface area (Å²) in [7, 11) is 0. The van der Waals surface area contributed by atoms with E-state index in [9.17, 15) is 9.59 Å². The molecule has 5 nitrogen and oxygen atoms in total. The van der Waals surface area contributed by atoms with Crippen LogP contribution in [0.1, 0.15) is 26.7 Å². The van der Waals surface area contributed by atoms with Crippen LogP contribution in [0.4, 0.5) is 0 Å². The van der Waals surface area contributed by atoms with Crippen molar-refractivity contribution >= 4 is 11.9 Å². The van der Waals surface area contributed by atoms with Gasteiger partial charge in [0.15, 0.2) is 0 Å². The number of hydrogen-bond acceptors (Lipinski definition) is 3. The zero-order chi connectivity index (χ0) is 13.3. The Bertz CT molecular complexity index is 263. The lowest BCUT2D eigenvalue weighted by Gasteiger charge is -2.17. The first-order valence-corrected chi connectivity index (χ1v) is 5.69. The molecule has 5 heteroatoms. The SMILES string of the molecule is C=CCOCCCC(=O)N[C@H](C(=O)O)C(C)C. The molecule has 0 aliphatic heterocycles. The molecule has 0 saturated carbocycles. The van der Waals surface area contributed by atoms with Gasteiger partial charge >= 0.3 is 5.97 Å². The molecule has 1 amide bonds. The Kier molecular flexibility index (Phi) is 8.05. The van der Waals surface area contributed by atoms with E-state index in [1.807, 2.05) is 0 Å². The lowest BCUT2D eigenvalue weighted by atomic mass is 10.0. The van der Waals surface area contributed by atoms with Crippen LogP contribution in [0.2, 0.25) is 0 Å². The fraction of sp³-hybridized carbons (Fsp3) is 0.667. The third kappa shape index (κ3) is 7.52. The highest BCUT2D eigenvalue weighted by molar-refractivity contribution is 5.83. The Balaban J connectivity index is 3.83. The maximum Gasteiger partial charge on any atom is 0.326 e. The molecule has 1 atom stereocenters. The van der Waals surface area contributed by atoms with Gasteiger partial charge in [0.1, 0.15) is 6.04 Å². The van der Waals surface area contributed by atoms with Gasteiger partial charge in [0, 0.05) is 13.0 Å². The second kappa shape index (κ2) is 8.75. The molecule has 0 aliphatic rings. The van der Waals surface area contributed by atoms with Crippen LogP contribution in [0.15, 0.2) is 12.7 Å². The maximum absolute atomic E-state index is 11.4. The van der Waals surface area contributed by atoms with Gasteiger partial charge in [-0.1, -0.05) is 19.9 Å². The van der Waals surface area contributed by atoms with Crippen molar-refractivity contribution in [2.75, 3.05) is 13.2 Å². The quantitative estimate of drug-likeness (QED) is 0.471. The molecule has 0 bridgehead atoms. The Labute approximate surface area is 102 Å². The van der Waals surface area contributed by atoms with E-state index in [-0.39, 0.29) is 18.2 Å². The minimum absolute atomic E-state index is 0.131. The average Bonchev–Trinajstić information content (AvgIpc) is 2.24. The summed E-state index contributed by atoms with van der Waals surface area (Å²) in [6.45, 7) is 7.95. The molecule has 0 aromatic carbocycles. The number of rotatable bonds is 9. The number of carboxylic acids is 1. The normalized spacial score (nSPS) is 12.2. The molecule has 0 rings (SSSR count). The van der Waals surface area contributed by atoms with E-state index in [0.717, 1.165) is 0 Å². The van der Waals surface area contributed by atoms with Crippen molar-refractivity contribution in [1.29, 1.82) is 0 Å². The van der Waals surface area contributed by atoms with Crippen LogP contribution in [0, 0.1) is 5.92 Å². The van der Waals surface area contributed by atoms with Crippen LogP contribution in [0.5, 0.6) is 0 Å². The molecule has 2 N–H and O–H groups in total. The van der Waals surface area contributed by atoms with Gasteiger partial charge in [-0.2, -0.15) is 0 Å². The molecule has 17 heavy (non-hydrogen) atoms. The van der Waals surface area contributed by atoms with Crippen molar-refractivity contribution < 1.29 is 19.4 Å². The Hall–Kier alpha value is -1.36. The Morgan fingerprint density at radius 2 is 2.12 bits per heavy atom.